The number of carbonyl (C=O) groups is 1. The van der Waals surface area contributed by atoms with Crippen molar-refractivity contribution in [2.45, 2.75) is 33.7 Å². The molecule has 0 unspecified atom stereocenters. The number of hydrogen-bond acceptors (Lipinski definition) is 2. The second kappa shape index (κ2) is 4.29. The minimum absolute atomic E-state index is 0.0356. The van der Waals surface area contributed by atoms with E-state index in [0.29, 0.717) is 6.54 Å². The first-order valence-corrected chi connectivity index (χ1v) is 4.81. The normalized spacial score (nSPS) is 10.3. The van der Waals surface area contributed by atoms with E-state index in [1.807, 2.05) is 20.8 Å². The van der Waals surface area contributed by atoms with E-state index in [4.69, 9.17) is 5.11 Å². The van der Waals surface area contributed by atoms with Gasteiger partial charge in [0.2, 0.25) is 0 Å². The van der Waals surface area contributed by atoms with Crippen molar-refractivity contribution in [3.63, 3.8) is 0 Å². The maximum atomic E-state index is 10.7. The molecule has 1 heterocycles. The molecule has 0 atom stereocenters. The molecule has 15 heavy (non-hydrogen) atoms. The van der Waals surface area contributed by atoms with E-state index in [-0.39, 0.29) is 6.42 Å². The highest BCUT2D eigenvalue weighted by molar-refractivity contribution is 5.70. The van der Waals surface area contributed by atoms with Crippen molar-refractivity contribution in [3.8, 4) is 0 Å². The molecule has 1 N–H and O–H groups in total. The highest BCUT2D eigenvalue weighted by atomic mass is 16.4. The first-order valence-electron chi connectivity index (χ1n) is 4.81. The molecule has 1 rings (SSSR count). The van der Waals surface area contributed by atoms with Gasteiger partial charge in [0.05, 0.1) is 18.7 Å². The van der Waals surface area contributed by atoms with E-state index in [0.717, 1.165) is 22.5 Å². The second-order valence-electron chi connectivity index (χ2n) is 3.83. The van der Waals surface area contributed by atoms with Crippen molar-refractivity contribution in [3.05, 3.63) is 29.1 Å². The number of rotatable bonds is 4. The van der Waals surface area contributed by atoms with Crippen LogP contribution in [0.3, 0.4) is 0 Å². The predicted molar refractivity (Wildman–Crippen MR) is 57.9 cm³/mol. The van der Waals surface area contributed by atoms with Crippen molar-refractivity contribution in [1.82, 2.24) is 9.78 Å². The summed E-state index contributed by atoms with van der Waals surface area (Å²) in [6.45, 7) is 10.1. The molecule has 0 bridgehead atoms. The summed E-state index contributed by atoms with van der Waals surface area (Å²) in [4.78, 5) is 10.7. The quantitative estimate of drug-likeness (QED) is 0.766. The van der Waals surface area contributed by atoms with E-state index in [2.05, 4.69) is 11.7 Å². The molecule has 4 nitrogen and oxygen atoms in total. The van der Waals surface area contributed by atoms with Gasteiger partial charge in [0.1, 0.15) is 0 Å². The number of hydrogen-bond donors (Lipinski definition) is 1. The SMILES string of the molecule is C=C(C)Cn1nc(C)c(CC(=O)O)c1C. The molecular formula is C11H16N2O2. The molecule has 0 fully saturated rings. The molecule has 0 amide bonds. The van der Waals surface area contributed by atoms with Crippen molar-refractivity contribution in [1.29, 1.82) is 0 Å². The van der Waals surface area contributed by atoms with Crippen molar-refractivity contribution in [2.24, 2.45) is 0 Å². The van der Waals surface area contributed by atoms with Crippen LogP contribution in [-0.4, -0.2) is 20.9 Å². The Morgan fingerprint density at radius 1 is 1.53 bits per heavy atom. The summed E-state index contributed by atoms with van der Waals surface area (Å²) in [6.07, 6.45) is 0.0356. The Kier molecular flexibility index (Phi) is 3.29. The Balaban J connectivity index is 3.03. The highest BCUT2D eigenvalue weighted by Crippen LogP contribution is 2.14. The number of nitrogens with zero attached hydrogens (tertiary/aromatic N) is 2. The van der Waals surface area contributed by atoms with Crippen LogP contribution in [0.4, 0.5) is 0 Å². The Labute approximate surface area is 89.2 Å². The minimum Gasteiger partial charge on any atom is -0.481 e. The van der Waals surface area contributed by atoms with E-state index in [9.17, 15) is 4.79 Å². The Morgan fingerprint density at radius 2 is 2.13 bits per heavy atom. The maximum Gasteiger partial charge on any atom is 0.307 e. The molecular weight excluding hydrogens is 192 g/mol. The lowest BCUT2D eigenvalue weighted by atomic mass is 10.1. The predicted octanol–water partition coefficient (Wildman–Crippen LogP) is 1.70. The van der Waals surface area contributed by atoms with Crippen LogP contribution in [0, 0.1) is 13.8 Å². The van der Waals surface area contributed by atoms with Crippen LogP contribution in [-0.2, 0) is 17.8 Å². The van der Waals surface area contributed by atoms with Gasteiger partial charge in [0.25, 0.3) is 0 Å². The van der Waals surface area contributed by atoms with Gasteiger partial charge in [-0.05, 0) is 20.8 Å². The summed E-state index contributed by atoms with van der Waals surface area (Å²) in [5, 5.41) is 13.0. The average molecular weight is 208 g/mol. The zero-order valence-corrected chi connectivity index (χ0v) is 9.37. The molecule has 0 aliphatic heterocycles. The smallest absolute Gasteiger partial charge is 0.307 e. The second-order valence-corrected chi connectivity index (χ2v) is 3.83. The molecule has 1 aromatic rings. The first-order chi connectivity index (χ1) is 6.91. The van der Waals surface area contributed by atoms with Crippen LogP contribution < -0.4 is 0 Å². The van der Waals surface area contributed by atoms with Gasteiger partial charge in [0, 0.05) is 11.3 Å². The fourth-order valence-corrected chi connectivity index (χ4v) is 1.55. The third-order valence-electron chi connectivity index (χ3n) is 2.28. The summed E-state index contributed by atoms with van der Waals surface area (Å²) < 4.78 is 1.80. The first kappa shape index (κ1) is 11.5. The molecule has 0 aliphatic carbocycles. The van der Waals surface area contributed by atoms with Crippen LogP contribution >= 0.6 is 0 Å². The Bertz CT molecular complexity index is 405. The summed E-state index contributed by atoms with van der Waals surface area (Å²) in [7, 11) is 0. The topological polar surface area (TPSA) is 55.1 Å². The molecule has 4 heteroatoms. The summed E-state index contributed by atoms with van der Waals surface area (Å²) in [6, 6.07) is 0. The van der Waals surface area contributed by atoms with Gasteiger partial charge in [-0.3, -0.25) is 9.48 Å². The molecule has 0 aliphatic rings. The number of allylic oxidation sites excluding steroid dienone is 1. The number of aromatic nitrogens is 2. The molecule has 0 spiro atoms. The van der Waals surface area contributed by atoms with E-state index in [1.54, 1.807) is 4.68 Å². The summed E-state index contributed by atoms with van der Waals surface area (Å²) in [5.41, 5.74) is 3.51. The molecule has 0 aromatic carbocycles. The van der Waals surface area contributed by atoms with E-state index >= 15 is 0 Å². The van der Waals surface area contributed by atoms with Crippen LogP contribution in [0.1, 0.15) is 23.9 Å². The molecule has 0 radical (unpaired) electrons. The van der Waals surface area contributed by atoms with Gasteiger partial charge >= 0.3 is 5.97 Å². The van der Waals surface area contributed by atoms with Gasteiger partial charge in [-0.15, -0.1) is 0 Å². The van der Waals surface area contributed by atoms with Gasteiger partial charge in [-0.2, -0.15) is 5.10 Å². The van der Waals surface area contributed by atoms with E-state index in [1.165, 1.54) is 0 Å². The lowest BCUT2D eigenvalue weighted by molar-refractivity contribution is -0.136. The highest BCUT2D eigenvalue weighted by Gasteiger charge is 2.13. The third-order valence-corrected chi connectivity index (χ3v) is 2.28. The average Bonchev–Trinajstić information content (AvgIpc) is 2.31. The van der Waals surface area contributed by atoms with Crippen molar-refractivity contribution in [2.75, 3.05) is 0 Å². The third kappa shape index (κ3) is 2.68. The summed E-state index contributed by atoms with van der Waals surface area (Å²) >= 11 is 0. The van der Waals surface area contributed by atoms with E-state index < -0.39 is 5.97 Å². The summed E-state index contributed by atoms with van der Waals surface area (Å²) in [5.74, 6) is -0.823. The maximum absolute atomic E-state index is 10.7. The fourth-order valence-electron chi connectivity index (χ4n) is 1.55. The number of aryl methyl sites for hydroxylation is 1. The largest absolute Gasteiger partial charge is 0.481 e. The van der Waals surface area contributed by atoms with Gasteiger partial charge in [0.15, 0.2) is 0 Å². The van der Waals surface area contributed by atoms with Crippen molar-refractivity contribution < 1.29 is 9.90 Å². The van der Waals surface area contributed by atoms with Gasteiger partial charge < -0.3 is 5.11 Å². The van der Waals surface area contributed by atoms with Gasteiger partial charge in [-0.1, -0.05) is 12.2 Å². The number of aliphatic carboxylic acids is 1. The molecule has 0 saturated carbocycles. The van der Waals surface area contributed by atoms with Crippen LogP contribution in [0.15, 0.2) is 12.2 Å². The lowest BCUT2D eigenvalue weighted by Gasteiger charge is -2.03. The number of carboxylic acid groups (broad SMARTS) is 1. The van der Waals surface area contributed by atoms with Crippen LogP contribution in [0.5, 0.6) is 0 Å². The zero-order valence-electron chi connectivity index (χ0n) is 9.37. The number of carboxylic acids is 1. The Hall–Kier alpha value is -1.58. The van der Waals surface area contributed by atoms with Crippen LogP contribution in [0.25, 0.3) is 0 Å². The molecule has 82 valence electrons. The Morgan fingerprint density at radius 3 is 2.60 bits per heavy atom. The zero-order chi connectivity index (χ0) is 11.6. The fraction of sp³-hybridized carbons (Fsp3) is 0.455. The molecule has 0 saturated heterocycles. The minimum atomic E-state index is -0.823. The van der Waals surface area contributed by atoms with Gasteiger partial charge in [-0.25, -0.2) is 0 Å². The van der Waals surface area contributed by atoms with Crippen molar-refractivity contribution >= 4 is 5.97 Å². The standard InChI is InChI=1S/C11H16N2O2/c1-7(2)6-13-9(4)10(5-11(14)15)8(3)12-13/h1,5-6H2,2-4H3,(H,14,15). The lowest BCUT2D eigenvalue weighted by Crippen LogP contribution is -2.05. The van der Waals surface area contributed by atoms with Crippen LogP contribution in [0.2, 0.25) is 0 Å². The monoisotopic (exact) mass is 208 g/mol. The molecule has 1 aromatic heterocycles.